The fourth-order valence-corrected chi connectivity index (χ4v) is 5.10. The maximum absolute atomic E-state index is 13.0. The highest BCUT2D eigenvalue weighted by Crippen LogP contribution is 2.32. The minimum Gasteiger partial charge on any atom is -0.493 e. The van der Waals surface area contributed by atoms with E-state index in [1.807, 2.05) is 4.90 Å². The molecule has 2 fully saturated rings. The van der Waals surface area contributed by atoms with Crippen LogP contribution in [-0.2, 0) is 14.8 Å². The number of hydrogen-bond donors (Lipinski definition) is 1. The summed E-state index contributed by atoms with van der Waals surface area (Å²) in [5, 5.41) is 3.23. The van der Waals surface area contributed by atoms with Crippen molar-refractivity contribution in [3.05, 3.63) is 18.2 Å². The van der Waals surface area contributed by atoms with Crippen LogP contribution in [0.5, 0.6) is 11.5 Å². The summed E-state index contributed by atoms with van der Waals surface area (Å²) in [6.07, 6.45) is 1.10. The fraction of sp³-hybridized carbons (Fsp3) is 0.611. The number of rotatable bonds is 5. The molecule has 8 nitrogen and oxygen atoms in total. The van der Waals surface area contributed by atoms with Crippen molar-refractivity contribution in [2.75, 3.05) is 53.5 Å². The second-order valence-electron chi connectivity index (χ2n) is 6.77. The van der Waals surface area contributed by atoms with Gasteiger partial charge in [-0.3, -0.25) is 4.79 Å². The number of sulfonamides is 1. The lowest BCUT2D eigenvalue weighted by molar-refractivity contribution is -0.137. The van der Waals surface area contributed by atoms with Crippen molar-refractivity contribution in [1.82, 2.24) is 14.5 Å². The Bertz CT molecular complexity index is 769. The first-order valence-corrected chi connectivity index (χ1v) is 10.6. The number of carbonyl (C=O) groups is 1. The van der Waals surface area contributed by atoms with Crippen LogP contribution in [0.15, 0.2) is 23.1 Å². The first-order chi connectivity index (χ1) is 13.0. The number of amides is 1. The Labute approximate surface area is 160 Å². The molecule has 0 aliphatic carbocycles. The lowest BCUT2D eigenvalue weighted by Crippen LogP contribution is -2.50. The van der Waals surface area contributed by atoms with Crippen LogP contribution in [0.4, 0.5) is 0 Å². The Balaban J connectivity index is 1.67. The second-order valence-corrected chi connectivity index (χ2v) is 8.71. The summed E-state index contributed by atoms with van der Waals surface area (Å²) < 4.78 is 37.8. The van der Waals surface area contributed by atoms with Gasteiger partial charge in [-0.25, -0.2) is 8.42 Å². The SMILES string of the molecule is COc1ccc(S(=O)(=O)N2CCC(C(=O)N3CCNCC3)CC2)cc1OC. The number of methoxy groups -OCH3 is 2. The Morgan fingerprint density at radius 2 is 1.67 bits per heavy atom. The van der Waals surface area contributed by atoms with Gasteiger partial charge in [-0.1, -0.05) is 0 Å². The Morgan fingerprint density at radius 1 is 1.04 bits per heavy atom. The van der Waals surface area contributed by atoms with E-state index in [9.17, 15) is 13.2 Å². The first-order valence-electron chi connectivity index (χ1n) is 9.19. The lowest BCUT2D eigenvalue weighted by atomic mass is 9.96. The van der Waals surface area contributed by atoms with E-state index < -0.39 is 10.0 Å². The molecule has 2 aliphatic heterocycles. The van der Waals surface area contributed by atoms with E-state index in [2.05, 4.69) is 5.32 Å². The molecule has 1 aromatic rings. The highest BCUT2D eigenvalue weighted by molar-refractivity contribution is 7.89. The molecule has 0 unspecified atom stereocenters. The summed E-state index contributed by atoms with van der Waals surface area (Å²) in [5.41, 5.74) is 0. The summed E-state index contributed by atoms with van der Waals surface area (Å²) in [4.78, 5) is 14.7. The van der Waals surface area contributed by atoms with Crippen molar-refractivity contribution in [3.8, 4) is 11.5 Å². The van der Waals surface area contributed by atoms with Gasteiger partial charge in [-0.15, -0.1) is 0 Å². The van der Waals surface area contributed by atoms with Crippen molar-refractivity contribution in [3.63, 3.8) is 0 Å². The molecule has 1 aromatic carbocycles. The number of nitrogens with one attached hydrogen (secondary N) is 1. The van der Waals surface area contributed by atoms with Crippen LogP contribution < -0.4 is 14.8 Å². The molecule has 2 aliphatic rings. The molecule has 0 saturated carbocycles. The molecule has 0 bridgehead atoms. The van der Waals surface area contributed by atoms with Crippen molar-refractivity contribution in [2.45, 2.75) is 17.7 Å². The minimum atomic E-state index is -3.63. The third-order valence-corrected chi connectivity index (χ3v) is 7.12. The van der Waals surface area contributed by atoms with Gasteiger partial charge in [0.15, 0.2) is 11.5 Å². The van der Waals surface area contributed by atoms with E-state index in [1.165, 1.54) is 30.7 Å². The Hall–Kier alpha value is -1.84. The molecule has 2 saturated heterocycles. The second kappa shape index (κ2) is 8.45. The fourth-order valence-electron chi connectivity index (χ4n) is 3.61. The van der Waals surface area contributed by atoms with Crippen LogP contribution in [0.25, 0.3) is 0 Å². The third-order valence-electron chi connectivity index (χ3n) is 5.22. The highest BCUT2D eigenvalue weighted by Gasteiger charge is 2.34. The van der Waals surface area contributed by atoms with Gasteiger partial charge in [0, 0.05) is 51.3 Å². The summed E-state index contributed by atoms with van der Waals surface area (Å²) in [7, 11) is -0.651. The minimum absolute atomic E-state index is 0.0973. The summed E-state index contributed by atoms with van der Waals surface area (Å²) in [6, 6.07) is 4.59. The smallest absolute Gasteiger partial charge is 0.243 e. The maximum atomic E-state index is 13.0. The predicted molar refractivity (Wildman–Crippen MR) is 100 cm³/mol. The molecule has 27 heavy (non-hydrogen) atoms. The average Bonchev–Trinajstić information content (AvgIpc) is 2.73. The lowest BCUT2D eigenvalue weighted by Gasteiger charge is -2.35. The monoisotopic (exact) mass is 397 g/mol. The Kier molecular flexibility index (Phi) is 6.23. The predicted octanol–water partition coefficient (Wildman–Crippen LogP) is 0.536. The average molecular weight is 397 g/mol. The van der Waals surface area contributed by atoms with E-state index in [0.29, 0.717) is 37.4 Å². The number of piperazine rings is 1. The van der Waals surface area contributed by atoms with Crippen LogP contribution >= 0.6 is 0 Å². The molecule has 1 amide bonds. The van der Waals surface area contributed by atoms with E-state index >= 15 is 0 Å². The van der Waals surface area contributed by atoms with Crippen molar-refractivity contribution >= 4 is 15.9 Å². The first kappa shape index (κ1) is 19.9. The largest absolute Gasteiger partial charge is 0.493 e. The zero-order chi connectivity index (χ0) is 19.4. The molecular formula is C18H27N3O5S. The highest BCUT2D eigenvalue weighted by atomic mass is 32.2. The van der Waals surface area contributed by atoms with Crippen LogP contribution in [0.2, 0.25) is 0 Å². The van der Waals surface area contributed by atoms with Crippen LogP contribution in [0.3, 0.4) is 0 Å². The van der Waals surface area contributed by atoms with Gasteiger partial charge in [-0.2, -0.15) is 4.31 Å². The van der Waals surface area contributed by atoms with Gasteiger partial charge in [0.1, 0.15) is 0 Å². The van der Waals surface area contributed by atoms with Crippen LogP contribution in [0, 0.1) is 5.92 Å². The number of piperidine rings is 1. The van der Waals surface area contributed by atoms with Crippen LogP contribution in [0.1, 0.15) is 12.8 Å². The van der Waals surface area contributed by atoms with Crippen LogP contribution in [-0.4, -0.2) is 77.0 Å². The number of ether oxygens (including phenoxy) is 2. The molecule has 3 rings (SSSR count). The third kappa shape index (κ3) is 4.20. The molecule has 2 heterocycles. The summed E-state index contributed by atoms with van der Waals surface area (Å²) >= 11 is 0. The number of nitrogens with zero attached hydrogens (tertiary/aromatic N) is 2. The van der Waals surface area contributed by atoms with Crippen molar-refractivity contribution in [1.29, 1.82) is 0 Å². The van der Waals surface area contributed by atoms with Gasteiger partial charge in [0.05, 0.1) is 19.1 Å². The number of hydrogen-bond acceptors (Lipinski definition) is 6. The van der Waals surface area contributed by atoms with E-state index in [-0.39, 0.29) is 16.7 Å². The van der Waals surface area contributed by atoms with E-state index in [1.54, 1.807) is 6.07 Å². The quantitative estimate of drug-likeness (QED) is 0.780. The topological polar surface area (TPSA) is 88.2 Å². The summed E-state index contributed by atoms with van der Waals surface area (Å²) in [6.45, 7) is 3.78. The number of benzene rings is 1. The zero-order valence-corrected chi connectivity index (χ0v) is 16.6. The molecule has 0 atom stereocenters. The van der Waals surface area contributed by atoms with Gasteiger partial charge in [-0.05, 0) is 25.0 Å². The van der Waals surface area contributed by atoms with Gasteiger partial charge >= 0.3 is 0 Å². The summed E-state index contributed by atoms with van der Waals surface area (Å²) in [5.74, 6) is 0.916. The molecule has 9 heteroatoms. The maximum Gasteiger partial charge on any atom is 0.243 e. The van der Waals surface area contributed by atoms with Gasteiger partial charge < -0.3 is 19.7 Å². The van der Waals surface area contributed by atoms with E-state index in [0.717, 1.165) is 26.2 Å². The van der Waals surface area contributed by atoms with Crippen molar-refractivity contribution in [2.24, 2.45) is 5.92 Å². The Morgan fingerprint density at radius 3 is 2.26 bits per heavy atom. The molecule has 1 N–H and O–H groups in total. The molecule has 150 valence electrons. The van der Waals surface area contributed by atoms with Gasteiger partial charge in [0.25, 0.3) is 0 Å². The standard InChI is InChI=1S/C18H27N3O5S/c1-25-16-4-3-15(13-17(16)26-2)27(23,24)21-9-5-14(6-10-21)18(22)20-11-7-19-8-12-20/h3-4,13-14,19H,5-12H2,1-2H3. The molecule has 0 spiro atoms. The normalized spacial score (nSPS) is 19.7. The zero-order valence-electron chi connectivity index (χ0n) is 15.8. The number of carbonyl (C=O) groups excluding carboxylic acids is 1. The molecular weight excluding hydrogens is 370 g/mol. The molecule has 0 aromatic heterocycles. The molecule has 0 radical (unpaired) electrons. The van der Waals surface area contributed by atoms with E-state index in [4.69, 9.17) is 9.47 Å². The van der Waals surface area contributed by atoms with Gasteiger partial charge in [0.2, 0.25) is 15.9 Å². The van der Waals surface area contributed by atoms with Crippen molar-refractivity contribution < 1.29 is 22.7 Å².